The minimum absolute atomic E-state index is 0.198. The molecule has 4 rings (SSSR count). The first-order chi connectivity index (χ1) is 14.6. The highest BCUT2D eigenvalue weighted by atomic mass is 32.2. The molecule has 4 aromatic rings. The number of benzene rings is 1. The molecule has 0 bridgehead atoms. The number of nitrogens with one attached hydrogen (secondary N) is 1. The Morgan fingerprint density at radius 1 is 1.17 bits per heavy atom. The second-order valence-electron chi connectivity index (χ2n) is 6.00. The highest BCUT2D eigenvalue weighted by molar-refractivity contribution is 7.99. The fourth-order valence-electron chi connectivity index (χ4n) is 2.69. The number of furan rings is 1. The van der Waals surface area contributed by atoms with Gasteiger partial charge in [0.1, 0.15) is 23.1 Å². The first-order valence-corrected chi connectivity index (χ1v) is 9.36. The minimum atomic E-state index is -1.03. The van der Waals surface area contributed by atoms with Crippen LogP contribution in [0.4, 0.5) is 8.78 Å². The SMILES string of the molecule is O=C(NO)c1cc(F)c(Sc2nnc(-c3ccccn3)n2Cc2ccco2)c(F)c1. The van der Waals surface area contributed by atoms with Crippen molar-refractivity contribution < 1.29 is 23.2 Å². The Balaban J connectivity index is 1.74. The van der Waals surface area contributed by atoms with Crippen molar-refractivity contribution in [3.63, 3.8) is 0 Å². The molecule has 30 heavy (non-hydrogen) atoms. The lowest BCUT2D eigenvalue weighted by molar-refractivity contribution is 0.0705. The van der Waals surface area contributed by atoms with E-state index in [9.17, 15) is 13.6 Å². The third-order valence-electron chi connectivity index (χ3n) is 4.06. The van der Waals surface area contributed by atoms with Gasteiger partial charge in [0.25, 0.3) is 5.91 Å². The third kappa shape index (κ3) is 3.93. The van der Waals surface area contributed by atoms with Gasteiger partial charge in [-0.2, -0.15) is 0 Å². The van der Waals surface area contributed by atoms with Gasteiger partial charge < -0.3 is 4.42 Å². The molecule has 3 heterocycles. The molecule has 1 aromatic carbocycles. The molecule has 0 atom stereocenters. The number of pyridine rings is 1. The summed E-state index contributed by atoms with van der Waals surface area (Å²) in [6.45, 7) is 0.211. The maximum absolute atomic E-state index is 14.5. The van der Waals surface area contributed by atoms with Crippen LogP contribution in [0.25, 0.3) is 11.5 Å². The Bertz CT molecular complexity index is 1160. The monoisotopic (exact) mass is 429 g/mol. The highest BCUT2D eigenvalue weighted by Crippen LogP contribution is 2.34. The van der Waals surface area contributed by atoms with Crippen LogP contribution in [0.3, 0.4) is 0 Å². The predicted octanol–water partition coefficient (Wildman–Crippen LogP) is 3.53. The van der Waals surface area contributed by atoms with Gasteiger partial charge >= 0.3 is 0 Å². The summed E-state index contributed by atoms with van der Waals surface area (Å²) in [5.74, 6) is -2.00. The Morgan fingerprint density at radius 2 is 1.97 bits per heavy atom. The van der Waals surface area contributed by atoms with Crippen LogP contribution in [-0.2, 0) is 6.54 Å². The molecule has 1 amide bonds. The zero-order chi connectivity index (χ0) is 21.1. The van der Waals surface area contributed by atoms with E-state index in [0.29, 0.717) is 29.0 Å². The van der Waals surface area contributed by atoms with Gasteiger partial charge in [-0.3, -0.25) is 19.6 Å². The van der Waals surface area contributed by atoms with Crippen molar-refractivity contribution in [1.82, 2.24) is 25.2 Å². The van der Waals surface area contributed by atoms with Crippen LogP contribution in [0.15, 0.2) is 69.4 Å². The van der Waals surface area contributed by atoms with Gasteiger partial charge in [-0.15, -0.1) is 10.2 Å². The number of carbonyl (C=O) groups is 1. The number of carbonyl (C=O) groups excluding carboxylic acids is 1. The van der Waals surface area contributed by atoms with E-state index in [-0.39, 0.29) is 22.2 Å². The molecule has 0 aliphatic heterocycles. The smallest absolute Gasteiger partial charge is 0.274 e. The Morgan fingerprint density at radius 3 is 2.60 bits per heavy atom. The normalized spacial score (nSPS) is 10.9. The average Bonchev–Trinajstić information content (AvgIpc) is 3.41. The Kier molecular flexibility index (Phi) is 5.55. The van der Waals surface area contributed by atoms with Crippen LogP contribution < -0.4 is 5.48 Å². The zero-order valence-electron chi connectivity index (χ0n) is 15.1. The van der Waals surface area contributed by atoms with Crippen LogP contribution in [-0.4, -0.2) is 30.9 Å². The molecule has 0 saturated carbocycles. The van der Waals surface area contributed by atoms with Crippen molar-refractivity contribution in [2.24, 2.45) is 0 Å². The third-order valence-corrected chi connectivity index (χ3v) is 5.14. The molecule has 152 valence electrons. The summed E-state index contributed by atoms with van der Waals surface area (Å²) in [4.78, 5) is 15.3. The van der Waals surface area contributed by atoms with E-state index < -0.39 is 17.5 Å². The second kappa shape index (κ2) is 8.43. The number of hydrogen-bond donors (Lipinski definition) is 2. The van der Waals surface area contributed by atoms with Crippen molar-refractivity contribution >= 4 is 17.7 Å². The number of hydrogen-bond acceptors (Lipinski definition) is 7. The van der Waals surface area contributed by atoms with Crippen LogP contribution in [0.1, 0.15) is 16.1 Å². The van der Waals surface area contributed by atoms with Crippen molar-refractivity contribution in [3.05, 3.63) is 77.9 Å². The van der Waals surface area contributed by atoms with E-state index >= 15 is 0 Å². The molecule has 11 heteroatoms. The molecular weight excluding hydrogens is 416 g/mol. The fraction of sp³-hybridized carbons (Fsp3) is 0.0526. The Hall–Kier alpha value is -3.57. The summed E-state index contributed by atoms with van der Waals surface area (Å²) >= 11 is 0.709. The summed E-state index contributed by atoms with van der Waals surface area (Å²) in [5, 5.41) is 17.0. The van der Waals surface area contributed by atoms with Gasteiger partial charge in [0.2, 0.25) is 0 Å². The zero-order valence-corrected chi connectivity index (χ0v) is 15.9. The molecule has 0 aliphatic carbocycles. The van der Waals surface area contributed by atoms with Crippen molar-refractivity contribution in [3.8, 4) is 11.5 Å². The average molecular weight is 429 g/mol. The summed E-state index contributed by atoms with van der Waals surface area (Å²) in [5.41, 5.74) is 1.51. The molecule has 0 radical (unpaired) electrons. The fourth-order valence-corrected chi connectivity index (χ4v) is 3.53. The van der Waals surface area contributed by atoms with Gasteiger partial charge in [0, 0.05) is 11.8 Å². The molecular formula is C19H13F2N5O3S. The van der Waals surface area contributed by atoms with E-state index in [1.54, 1.807) is 41.1 Å². The molecule has 0 spiro atoms. The number of nitrogens with zero attached hydrogens (tertiary/aromatic N) is 4. The number of aromatic nitrogens is 4. The van der Waals surface area contributed by atoms with Gasteiger partial charge in [-0.1, -0.05) is 6.07 Å². The lowest BCUT2D eigenvalue weighted by Gasteiger charge is -2.10. The summed E-state index contributed by atoms with van der Waals surface area (Å²) in [7, 11) is 0. The van der Waals surface area contributed by atoms with E-state index in [0.717, 1.165) is 12.1 Å². The van der Waals surface area contributed by atoms with Gasteiger partial charge in [0.05, 0.1) is 17.7 Å². The predicted molar refractivity (Wildman–Crippen MR) is 101 cm³/mol. The lowest BCUT2D eigenvalue weighted by Crippen LogP contribution is -2.19. The van der Waals surface area contributed by atoms with Gasteiger partial charge in [0.15, 0.2) is 11.0 Å². The Labute approximate surface area is 172 Å². The van der Waals surface area contributed by atoms with Crippen LogP contribution in [0.2, 0.25) is 0 Å². The van der Waals surface area contributed by atoms with E-state index in [1.807, 2.05) is 0 Å². The lowest BCUT2D eigenvalue weighted by atomic mass is 10.2. The van der Waals surface area contributed by atoms with E-state index in [2.05, 4.69) is 15.2 Å². The largest absolute Gasteiger partial charge is 0.467 e. The summed E-state index contributed by atoms with van der Waals surface area (Å²) in [6.07, 6.45) is 3.11. The van der Waals surface area contributed by atoms with E-state index in [4.69, 9.17) is 9.62 Å². The molecule has 0 unspecified atom stereocenters. The maximum atomic E-state index is 14.5. The minimum Gasteiger partial charge on any atom is -0.467 e. The second-order valence-corrected chi connectivity index (χ2v) is 6.98. The van der Waals surface area contributed by atoms with Gasteiger partial charge in [-0.05, 0) is 48.2 Å². The molecule has 3 aromatic heterocycles. The van der Waals surface area contributed by atoms with Crippen LogP contribution in [0.5, 0.6) is 0 Å². The number of hydroxylamine groups is 1. The standard InChI is InChI=1S/C19H13F2N5O3S/c20-13-8-11(18(27)25-28)9-14(21)16(13)30-19-24-23-17(15-5-1-2-6-22-15)26(19)10-12-4-3-7-29-12/h1-9,28H,10H2,(H,25,27). The summed E-state index contributed by atoms with van der Waals surface area (Å²) < 4.78 is 36.0. The maximum Gasteiger partial charge on any atom is 0.274 e. The molecule has 0 saturated heterocycles. The first-order valence-electron chi connectivity index (χ1n) is 8.55. The van der Waals surface area contributed by atoms with Crippen molar-refractivity contribution in [2.75, 3.05) is 0 Å². The topological polar surface area (TPSA) is 106 Å². The van der Waals surface area contributed by atoms with E-state index in [1.165, 1.54) is 11.7 Å². The highest BCUT2D eigenvalue weighted by Gasteiger charge is 2.22. The molecule has 8 nitrogen and oxygen atoms in total. The molecule has 0 aliphatic rings. The quantitative estimate of drug-likeness (QED) is 0.357. The molecule has 0 fully saturated rings. The van der Waals surface area contributed by atoms with Crippen LogP contribution in [0, 0.1) is 11.6 Å². The van der Waals surface area contributed by atoms with Crippen LogP contribution >= 0.6 is 11.8 Å². The van der Waals surface area contributed by atoms with Crippen molar-refractivity contribution in [1.29, 1.82) is 0 Å². The number of rotatable bonds is 6. The number of amides is 1. The molecule has 2 N–H and O–H groups in total. The number of halogens is 2. The van der Waals surface area contributed by atoms with Crippen molar-refractivity contribution in [2.45, 2.75) is 16.6 Å². The summed E-state index contributed by atoms with van der Waals surface area (Å²) in [6, 6.07) is 10.4. The van der Waals surface area contributed by atoms with Gasteiger partial charge in [-0.25, -0.2) is 14.3 Å². The first kappa shape index (κ1) is 19.7.